The summed E-state index contributed by atoms with van der Waals surface area (Å²) >= 11 is 0. The smallest absolute Gasteiger partial charge is 0.405 e. The molecule has 0 aromatic heterocycles. The van der Waals surface area contributed by atoms with Gasteiger partial charge in [0, 0.05) is 12.1 Å². The van der Waals surface area contributed by atoms with Crippen molar-refractivity contribution in [1.29, 1.82) is 0 Å². The number of ether oxygens (including phenoxy) is 1. The molecule has 1 unspecified atom stereocenters. The van der Waals surface area contributed by atoms with Gasteiger partial charge in [0.2, 0.25) is 17.6 Å². The highest BCUT2D eigenvalue weighted by Gasteiger charge is 2.53. The van der Waals surface area contributed by atoms with Crippen molar-refractivity contribution in [2.24, 2.45) is 11.8 Å². The van der Waals surface area contributed by atoms with Crippen LogP contribution in [0.25, 0.3) is 0 Å². The van der Waals surface area contributed by atoms with Gasteiger partial charge in [0.1, 0.15) is 40.9 Å². The summed E-state index contributed by atoms with van der Waals surface area (Å²) < 4.78 is 141. The van der Waals surface area contributed by atoms with Gasteiger partial charge in [-0.3, -0.25) is 24.0 Å². The van der Waals surface area contributed by atoms with Gasteiger partial charge in [-0.15, -0.1) is 0 Å². The molecule has 12 nitrogen and oxygen atoms in total. The molecule has 1 saturated heterocycles. The van der Waals surface area contributed by atoms with Crippen LogP contribution in [-0.2, 0) is 40.6 Å². The molecule has 0 saturated carbocycles. The highest BCUT2D eigenvalue weighted by atomic mass is 32.2. The van der Waals surface area contributed by atoms with Gasteiger partial charge in [-0.2, -0.15) is 30.7 Å². The first-order valence-corrected chi connectivity index (χ1v) is 17.3. The van der Waals surface area contributed by atoms with E-state index in [0.717, 1.165) is 44.3 Å². The van der Waals surface area contributed by atoms with Gasteiger partial charge in [0.15, 0.2) is 0 Å². The lowest BCUT2D eigenvalue weighted by atomic mass is 9.93. The van der Waals surface area contributed by atoms with E-state index in [-0.39, 0.29) is 5.56 Å². The maximum atomic E-state index is 15.0. The Labute approximate surface area is 304 Å². The van der Waals surface area contributed by atoms with Crippen LogP contribution in [0, 0.1) is 17.7 Å². The van der Waals surface area contributed by atoms with E-state index < -0.39 is 124 Å². The van der Waals surface area contributed by atoms with Gasteiger partial charge in [0.05, 0.1) is 18.4 Å². The highest BCUT2D eigenvalue weighted by molar-refractivity contribution is 7.72. The first kappa shape index (κ1) is 43.6. The first-order valence-electron chi connectivity index (χ1n) is 16.0. The van der Waals surface area contributed by atoms with Gasteiger partial charge < -0.3 is 25.6 Å². The van der Waals surface area contributed by atoms with E-state index in [1.54, 1.807) is 5.32 Å². The van der Waals surface area contributed by atoms with Gasteiger partial charge in [-0.1, -0.05) is 38.1 Å². The third kappa shape index (κ3) is 10.2. The molecule has 1 aliphatic rings. The zero-order valence-corrected chi connectivity index (χ0v) is 29.8. The van der Waals surface area contributed by atoms with Gasteiger partial charge in [-0.05, 0) is 55.0 Å². The van der Waals surface area contributed by atoms with E-state index in [9.17, 15) is 67.5 Å². The van der Waals surface area contributed by atoms with Crippen LogP contribution < -0.4 is 20.7 Å². The number of nitrogens with one attached hydrogen (secondary N) is 3. The summed E-state index contributed by atoms with van der Waals surface area (Å²) in [5, 5.41) is 3.24. The largest absolute Gasteiger partial charge is 0.497 e. The summed E-state index contributed by atoms with van der Waals surface area (Å²) in [6, 6.07) is 2.57. The summed E-state index contributed by atoms with van der Waals surface area (Å²) in [5.41, 5.74) is -0.894. The third-order valence-corrected chi connectivity index (χ3v) is 9.71. The van der Waals surface area contributed by atoms with Crippen molar-refractivity contribution in [3.05, 3.63) is 65.5 Å². The molecule has 1 heterocycles. The molecule has 3 N–H and O–H groups in total. The lowest BCUT2D eigenvalue weighted by Crippen LogP contribution is -2.60. The maximum Gasteiger partial charge on any atom is 0.405 e. The van der Waals surface area contributed by atoms with E-state index in [4.69, 9.17) is 4.74 Å². The number of Topliss-reactive ketones (excluding diaryl/α,β-unsaturated/α-hetero) is 1. The molecule has 1 fully saturated rings. The quantitative estimate of drug-likeness (QED) is 0.121. The Morgan fingerprint density at radius 3 is 2.04 bits per heavy atom. The van der Waals surface area contributed by atoms with E-state index in [1.165, 1.54) is 31.4 Å². The van der Waals surface area contributed by atoms with Crippen molar-refractivity contribution >= 4 is 40.1 Å². The molecule has 0 bridgehead atoms. The highest BCUT2D eigenvalue weighted by Crippen LogP contribution is 2.38. The summed E-state index contributed by atoms with van der Waals surface area (Å²) in [6.45, 7) is 0.442. The SMILES string of the molecule is COc1ccc(C([C@@H]2C[C@@H](C(=O)N[C@H](C(=O)C(F)(F)C(=O)NCC(F)(F)F)C(C)C)N(C(=O)[C@H](C)NC(=O)C(F)(F)c3cccc(F)c3)C2)[SH](=O)=O)cc1. The van der Waals surface area contributed by atoms with Crippen molar-refractivity contribution in [1.82, 2.24) is 20.9 Å². The van der Waals surface area contributed by atoms with E-state index in [1.807, 2.05) is 5.32 Å². The normalized spacial score (nSPS) is 18.1. The Morgan fingerprint density at radius 2 is 1.52 bits per heavy atom. The minimum atomic E-state index is -5.11. The standard InChI is InChI=1S/C33H36F8N4O8S/c1-16(2)24(26(46)33(40,41)29(49)42-15-31(35,36)37)44-27(47)23-12-19(25(54(51)52)18-8-10-22(53-4)11-9-18)14-45(23)28(48)17(3)43-30(50)32(38,39)20-6-5-7-21(34)13-20/h5-11,13,16-17,19,23-25,54H,12,14-15H2,1-4H3,(H,42,49)(H,43,50)(H,44,47)/t17-,19+,23-,24-,25?/m0/s1. The Kier molecular flexibility index (Phi) is 13.8. The lowest BCUT2D eigenvalue weighted by molar-refractivity contribution is -0.165. The summed E-state index contributed by atoms with van der Waals surface area (Å²) in [4.78, 5) is 65.7. The van der Waals surface area contributed by atoms with Gasteiger partial charge in [0.25, 0.3) is 11.8 Å². The number of nitrogens with zero attached hydrogens (tertiary/aromatic N) is 1. The fraction of sp³-hybridized carbons (Fsp3) is 0.485. The zero-order valence-electron chi connectivity index (χ0n) is 28.9. The Balaban J connectivity index is 1.97. The minimum absolute atomic E-state index is 0.168. The van der Waals surface area contributed by atoms with E-state index >= 15 is 0 Å². The van der Waals surface area contributed by atoms with Crippen LogP contribution in [0.4, 0.5) is 35.1 Å². The molecule has 1 aliphatic heterocycles. The number of amides is 4. The fourth-order valence-electron chi connectivity index (χ4n) is 5.75. The molecule has 0 aliphatic carbocycles. The zero-order chi connectivity index (χ0) is 40.9. The second-order valence-corrected chi connectivity index (χ2v) is 13.9. The van der Waals surface area contributed by atoms with Crippen LogP contribution in [0.2, 0.25) is 0 Å². The molecule has 298 valence electrons. The number of hydrogen-bond donors (Lipinski definition) is 4. The number of methoxy groups -OCH3 is 1. The molecule has 0 spiro atoms. The van der Waals surface area contributed by atoms with Gasteiger partial charge in [-0.25, -0.2) is 12.8 Å². The summed E-state index contributed by atoms with van der Waals surface area (Å²) in [6.07, 6.45) is -5.64. The molecule has 4 amide bonds. The molecule has 2 aromatic rings. The van der Waals surface area contributed by atoms with Crippen molar-refractivity contribution in [2.45, 2.75) is 68.6 Å². The van der Waals surface area contributed by atoms with Gasteiger partial charge >= 0.3 is 18.0 Å². The monoisotopic (exact) mass is 800 g/mol. The van der Waals surface area contributed by atoms with Crippen molar-refractivity contribution in [2.75, 3.05) is 20.2 Å². The number of ketones is 1. The fourth-order valence-corrected chi connectivity index (χ4v) is 6.73. The van der Waals surface area contributed by atoms with Crippen LogP contribution in [0.3, 0.4) is 0 Å². The van der Waals surface area contributed by atoms with Crippen LogP contribution >= 0.6 is 0 Å². The first-order chi connectivity index (χ1) is 24.9. The second-order valence-electron chi connectivity index (χ2n) is 12.8. The van der Waals surface area contributed by atoms with Crippen molar-refractivity contribution in [3.8, 4) is 5.75 Å². The number of carbonyl (C=O) groups excluding carboxylic acids is 5. The summed E-state index contributed by atoms with van der Waals surface area (Å²) in [5.74, 6) is -22.2. The minimum Gasteiger partial charge on any atom is -0.497 e. The summed E-state index contributed by atoms with van der Waals surface area (Å²) in [7, 11) is -2.03. The Hall–Kier alpha value is -4.82. The average Bonchev–Trinajstić information content (AvgIpc) is 3.53. The predicted octanol–water partition coefficient (Wildman–Crippen LogP) is 3.02. The molecule has 0 radical (unpaired) electrons. The molecule has 3 rings (SSSR count). The van der Waals surface area contributed by atoms with Crippen LogP contribution in [0.5, 0.6) is 5.75 Å². The molecule has 2 aromatic carbocycles. The van der Waals surface area contributed by atoms with Crippen molar-refractivity contribution < 1.29 is 72.3 Å². The lowest BCUT2D eigenvalue weighted by Gasteiger charge is -2.30. The molecule has 54 heavy (non-hydrogen) atoms. The number of rotatable bonds is 15. The Morgan fingerprint density at radius 1 is 0.907 bits per heavy atom. The molecular formula is C33H36F8N4O8S. The van der Waals surface area contributed by atoms with Crippen molar-refractivity contribution in [3.63, 3.8) is 0 Å². The molecule has 21 heteroatoms. The van der Waals surface area contributed by atoms with Crippen LogP contribution in [0.15, 0.2) is 48.5 Å². The number of thiol groups is 1. The number of likely N-dealkylation sites (tertiary alicyclic amines) is 1. The third-order valence-electron chi connectivity index (χ3n) is 8.53. The van der Waals surface area contributed by atoms with E-state index in [2.05, 4.69) is 0 Å². The van der Waals surface area contributed by atoms with Crippen LogP contribution in [0.1, 0.15) is 43.6 Å². The number of hydrogen-bond acceptors (Lipinski definition) is 8. The average molecular weight is 801 g/mol. The van der Waals surface area contributed by atoms with Crippen LogP contribution in [-0.4, -0.2) is 93.2 Å². The molecule has 5 atom stereocenters. The second kappa shape index (κ2) is 17.1. The molecular weight excluding hydrogens is 764 g/mol. The van der Waals surface area contributed by atoms with E-state index in [0.29, 0.717) is 16.7 Å². The topological polar surface area (TPSA) is 168 Å². The number of benzene rings is 2. The number of halogens is 8. The maximum absolute atomic E-state index is 15.0. The predicted molar refractivity (Wildman–Crippen MR) is 173 cm³/mol. The Bertz CT molecular complexity index is 1800. The number of alkyl halides is 7. The number of carbonyl (C=O) groups is 5.